The van der Waals surface area contributed by atoms with E-state index in [0.717, 1.165) is 21.9 Å². The van der Waals surface area contributed by atoms with Crippen LogP contribution in [0, 0.1) is 5.41 Å². The fourth-order valence-electron chi connectivity index (χ4n) is 4.93. The van der Waals surface area contributed by atoms with Crippen molar-refractivity contribution in [2.45, 2.75) is 0 Å². The lowest BCUT2D eigenvalue weighted by atomic mass is 9.59. The summed E-state index contributed by atoms with van der Waals surface area (Å²) in [4.78, 5) is 9.34. The summed E-state index contributed by atoms with van der Waals surface area (Å²) in [5.74, 6) is 0.517. The molecule has 0 aliphatic carbocycles. The van der Waals surface area contributed by atoms with Crippen LogP contribution in [0.1, 0.15) is 16.7 Å². The Morgan fingerprint density at radius 3 is 1.93 bits per heavy atom. The summed E-state index contributed by atoms with van der Waals surface area (Å²) in [6, 6.07) is 30.3. The molecule has 0 bridgehead atoms. The van der Waals surface area contributed by atoms with E-state index >= 15 is 0 Å². The van der Waals surface area contributed by atoms with Gasteiger partial charge in [0.1, 0.15) is 50.4 Å². The van der Waals surface area contributed by atoms with Crippen molar-refractivity contribution < 1.29 is 4.42 Å². The predicted octanol–water partition coefficient (Wildman–Crippen LogP) is 2.11. The summed E-state index contributed by atoms with van der Waals surface area (Å²) in [6.07, 6.45) is 1.73. The minimum absolute atomic E-state index is 0.112. The lowest BCUT2D eigenvalue weighted by Gasteiger charge is -2.21. The van der Waals surface area contributed by atoms with E-state index in [1.54, 1.807) is 6.21 Å². The highest BCUT2D eigenvalue weighted by molar-refractivity contribution is 6.68. The monoisotopic (exact) mass is 527 g/mol. The van der Waals surface area contributed by atoms with E-state index in [2.05, 4.69) is 4.99 Å². The van der Waals surface area contributed by atoms with Gasteiger partial charge < -0.3 is 4.42 Å². The lowest BCUT2D eigenvalue weighted by Crippen LogP contribution is -2.55. The second-order valence-electron chi connectivity index (χ2n) is 9.75. The van der Waals surface area contributed by atoms with Gasteiger partial charge in [-0.2, -0.15) is 0 Å². The maximum atomic E-state index is 8.57. The molecule has 0 spiro atoms. The number of nitrogens with zero attached hydrogens (tertiary/aromatic N) is 2. The largest absolute Gasteiger partial charge is 0.456 e. The number of amidine groups is 2. The molecule has 6 aromatic rings. The first kappa shape index (κ1) is 27.4. The van der Waals surface area contributed by atoms with Crippen molar-refractivity contribution in [2.75, 3.05) is 0 Å². The summed E-state index contributed by atoms with van der Waals surface area (Å²) in [7, 11) is 31.0. The zero-order valence-electron chi connectivity index (χ0n) is 22.5. The van der Waals surface area contributed by atoms with Crippen molar-refractivity contribution in [2.24, 2.45) is 9.98 Å². The summed E-state index contributed by atoms with van der Waals surface area (Å²) in [6.45, 7) is 0. The smallest absolute Gasteiger partial charge is 0.161 e. The van der Waals surface area contributed by atoms with Gasteiger partial charge in [0.15, 0.2) is 11.7 Å². The molecule has 10 radical (unpaired) electrons. The van der Waals surface area contributed by atoms with Gasteiger partial charge in [0.05, 0.1) is 0 Å². The molecule has 0 saturated heterocycles. The third-order valence-corrected chi connectivity index (χ3v) is 7.14. The van der Waals surface area contributed by atoms with Crippen molar-refractivity contribution in [3.63, 3.8) is 0 Å². The molecule has 0 fully saturated rings. The normalized spacial score (nSPS) is 12.0. The van der Waals surface area contributed by atoms with E-state index in [-0.39, 0.29) is 33.1 Å². The minimum atomic E-state index is 0.112. The van der Waals surface area contributed by atoms with Crippen molar-refractivity contribution in [1.29, 1.82) is 5.41 Å². The van der Waals surface area contributed by atoms with Gasteiger partial charge in [0.25, 0.3) is 0 Å². The third kappa shape index (κ3) is 4.96. The Hall–Kier alpha value is -4.77. The molecule has 1 heterocycles. The molecule has 42 heavy (non-hydrogen) atoms. The molecule has 0 unspecified atom stereocenters. The molecule has 1 N–H and O–H groups in total. The maximum absolute atomic E-state index is 8.57. The van der Waals surface area contributed by atoms with Crippen LogP contribution in [0.3, 0.4) is 0 Å². The van der Waals surface area contributed by atoms with Gasteiger partial charge in [-0.3, -0.25) is 5.41 Å². The fourth-order valence-corrected chi connectivity index (χ4v) is 4.93. The van der Waals surface area contributed by atoms with E-state index in [9.17, 15) is 0 Å². The first-order chi connectivity index (χ1) is 20.3. The van der Waals surface area contributed by atoms with Crippen LogP contribution in [0.25, 0.3) is 33.1 Å². The molecule has 4 nitrogen and oxygen atoms in total. The molecule has 6 rings (SSSR count). The SMILES string of the molecule is [B]c1c([B])c([B])c(-c2ccc3oc4cccc(C=NC(=NC(=N)c5ccccc5)c5ccccc5)c4c3c2)c([B])c1[B]. The van der Waals surface area contributed by atoms with Crippen LogP contribution < -0.4 is 27.3 Å². The van der Waals surface area contributed by atoms with Gasteiger partial charge in [-0.25, -0.2) is 9.98 Å². The number of benzene rings is 5. The maximum Gasteiger partial charge on any atom is 0.161 e. The van der Waals surface area contributed by atoms with E-state index in [1.807, 2.05) is 97.1 Å². The molecule has 0 saturated carbocycles. The number of rotatable bonds is 4. The average Bonchev–Trinajstić information content (AvgIpc) is 3.40. The Bertz CT molecular complexity index is 2020. The second-order valence-corrected chi connectivity index (χ2v) is 9.75. The number of aliphatic imine (C=N–C) groups is 2. The van der Waals surface area contributed by atoms with Crippen LogP contribution in [-0.4, -0.2) is 57.1 Å². The fraction of sp³-hybridized carbons (Fsp3) is 0. The third-order valence-electron chi connectivity index (χ3n) is 7.14. The summed E-state index contributed by atoms with van der Waals surface area (Å²) in [5.41, 5.74) is 5.93. The van der Waals surface area contributed by atoms with E-state index < -0.39 is 0 Å². The first-order valence-electron chi connectivity index (χ1n) is 13.1. The van der Waals surface area contributed by atoms with E-state index in [0.29, 0.717) is 33.7 Å². The molecule has 186 valence electrons. The van der Waals surface area contributed by atoms with Gasteiger partial charge in [-0.15, -0.1) is 16.4 Å². The minimum Gasteiger partial charge on any atom is -0.456 e. The number of fused-ring (bicyclic) bond motifs is 3. The van der Waals surface area contributed by atoms with Crippen LogP contribution in [0.15, 0.2) is 111 Å². The summed E-state index contributed by atoms with van der Waals surface area (Å²) >= 11 is 0. The average molecular weight is 527 g/mol. The van der Waals surface area contributed by atoms with Crippen LogP contribution in [0.5, 0.6) is 0 Å². The Labute approximate surface area is 250 Å². The molecule has 0 atom stereocenters. The van der Waals surface area contributed by atoms with Crippen molar-refractivity contribution in [3.8, 4) is 11.1 Å². The molecule has 1 aromatic heterocycles. The number of hydrogen-bond donors (Lipinski definition) is 1. The highest BCUT2D eigenvalue weighted by atomic mass is 16.3. The Kier molecular flexibility index (Phi) is 7.34. The molecular formula is C33H18B5N3O. The molecule has 0 aliphatic heterocycles. The zero-order chi connectivity index (χ0) is 29.4. The predicted molar refractivity (Wildman–Crippen MR) is 180 cm³/mol. The first-order valence-corrected chi connectivity index (χ1v) is 13.1. The van der Waals surface area contributed by atoms with Crippen molar-refractivity contribution in [3.05, 3.63) is 114 Å². The van der Waals surface area contributed by atoms with Gasteiger partial charge in [0, 0.05) is 33.7 Å². The van der Waals surface area contributed by atoms with Crippen LogP contribution >= 0.6 is 0 Å². The summed E-state index contributed by atoms with van der Waals surface area (Å²) < 4.78 is 6.17. The molecule has 9 heteroatoms. The Balaban J connectivity index is 1.49. The second kappa shape index (κ2) is 11.3. The van der Waals surface area contributed by atoms with Crippen LogP contribution in [-0.2, 0) is 0 Å². The van der Waals surface area contributed by atoms with Gasteiger partial charge in [0.2, 0.25) is 0 Å². The van der Waals surface area contributed by atoms with Crippen molar-refractivity contribution >= 4 is 106 Å². The van der Waals surface area contributed by atoms with Crippen LogP contribution in [0.4, 0.5) is 0 Å². The van der Waals surface area contributed by atoms with Crippen LogP contribution in [0.2, 0.25) is 0 Å². The molecule has 0 aliphatic rings. The zero-order valence-corrected chi connectivity index (χ0v) is 22.5. The van der Waals surface area contributed by atoms with E-state index in [4.69, 9.17) is 54.1 Å². The number of nitrogens with one attached hydrogen (secondary N) is 1. The highest BCUT2D eigenvalue weighted by Gasteiger charge is 2.16. The van der Waals surface area contributed by atoms with Gasteiger partial charge in [-0.1, -0.05) is 89.8 Å². The number of hydrogen-bond acceptors (Lipinski definition) is 2. The topological polar surface area (TPSA) is 61.7 Å². The summed E-state index contributed by atoms with van der Waals surface area (Å²) in [5, 5.41) is 10.2. The van der Waals surface area contributed by atoms with Crippen molar-refractivity contribution in [1.82, 2.24) is 0 Å². The molecular weight excluding hydrogens is 508 g/mol. The van der Waals surface area contributed by atoms with Gasteiger partial charge in [-0.05, 0) is 29.3 Å². The molecule has 5 aromatic carbocycles. The van der Waals surface area contributed by atoms with Gasteiger partial charge >= 0.3 is 0 Å². The molecule has 0 amide bonds. The lowest BCUT2D eigenvalue weighted by molar-refractivity contribution is 0.669. The quantitative estimate of drug-likeness (QED) is 0.214. The Morgan fingerprint density at radius 2 is 1.26 bits per heavy atom. The van der Waals surface area contributed by atoms with E-state index in [1.165, 1.54) is 0 Å². The Morgan fingerprint density at radius 1 is 0.643 bits per heavy atom. The number of furan rings is 1. The standard InChI is InChI=1S/C33H18B5N3O/c34-27-26(28(35)30(37)31(38)29(27)36)20-14-15-23-22(16-20)25-21(12-7-13-24(25)42-23)17-40-33(19-10-5-2-6-11-19)41-32(39)18-8-3-1-4-9-18/h1-17,39H. The highest BCUT2D eigenvalue weighted by Crippen LogP contribution is 2.33.